The van der Waals surface area contributed by atoms with Crippen LogP contribution in [0.1, 0.15) is 0 Å². The minimum atomic E-state index is 0.972. The fraction of sp³-hybridized carbons (Fsp3) is 0. The molecule has 4 heavy (non-hydrogen) atoms. The van der Waals surface area contributed by atoms with E-state index in [9.17, 15) is 0 Å². The van der Waals surface area contributed by atoms with Gasteiger partial charge >= 0.3 is 39.6 Å². The molecule has 3 heteroatoms. The average Bonchev–Trinajstić information content (AvgIpc) is 1.37. The topological polar surface area (TPSA) is 23.8 Å². The van der Waals surface area contributed by atoms with Gasteiger partial charge in [0.05, 0.1) is 0 Å². The Hall–Kier alpha value is 0.580. The van der Waals surface area contributed by atoms with E-state index in [2.05, 4.69) is 19.7 Å². The quantitative estimate of drug-likeness (QED) is 0.389. The maximum absolute atomic E-state index is 7.54. The van der Waals surface area contributed by atoms with Crippen LogP contribution < -0.4 is 0 Å². The molecule has 0 aromatic carbocycles. The van der Waals surface area contributed by atoms with E-state index in [0.29, 0.717) is 0 Å². The van der Waals surface area contributed by atoms with Gasteiger partial charge in [-0.3, -0.25) is 0 Å². The van der Waals surface area contributed by atoms with Gasteiger partial charge in [0.1, 0.15) is 0 Å². The summed E-state index contributed by atoms with van der Waals surface area (Å²) < 4.78 is 0. The first-order valence-corrected chi connectivity index (χ1v) is 3.02. The number of hydrogen-bond acceptors (Lipinski definition) is 2. The maximum atomic E-state index is 7.54. The second-order valence-corrected chi connectivity index (χ2v) is 1.37. The van der Waals surface area contributed by atoms with Crippen molar-refractivity contribution in [3.8, 4) is 5.40 Å². The van der Waals surface area contributed by atoms with Gasteiger partial charge in [0.25, 0.3) is 0 Å². The molecule has 0 aromatic heterocycles. The molecular formula is CAgNS. The molecule has 0 aromatic rings. The van der Waals surface area contributed by atoms with Crippen molar-refractivity contribution in [2.24, 2.45) is 0 Å². The fourth-order valence-electron chi connectivity index (χ4n) is 0. The standard InChI is InChI=1S/CHNS.Ag/c2-1-3;/h3H;/q;+1/p-1. The molecule has 0 saturated carbocycles. The van der Waals surface area contributed by atoms with E-state index in [-0.39, 0.29) is 0 Å². The Morgan fingerprint density at radius 1 is 2.00 bits per heavy atom. The fourth-order valence-corrected chi connectivity index (χ4v) is 0. The molecule has 0 atom stereocenters. The van der Waals surface area contributed by atoms with Crippen molar-refractivity contribution in [3.63, 3.8) is 0 Å². The van der Waals surface area contributed by atoms with Crippen LogP contribution in [-0.2, 0) is 19.7 Å². The molecule has 0 aliphatic heterocycles. The van der Waals surface area contributed by atoms with E-state index in [0.717, 1.165) is 9.23 Å². The summed E-state index contributed by atoms with van der Waals surface area (Å²) in [5.41, 5.74) is 0. The van der Waals surface area contributed by atoms with Crippen LogP contribution in [0.3, 0.4) is 0 Å². The van der Waals surface area contributed by atoms with Gasteiger partial charge < -0.3 is 0 Å². The van der Waals surface area contributed by atoms with Crippen molar-refractivity contribution < 1.29 is 19.7 Å². The molecule has 1 nitrogen and oxygen atoms in total. The molecule has 0 unspecified atom stereocenters. The third-order valence-corrected chi connectivity index (χ3v) is 0.489. The molecule has 0 amide bonds. The van der Waals surface area contributed by atoms with Crippen LogP contribution in [0.15, 0.2) is 0 Å². The zero-order valence-corrected chi connectivity index (χ0v) is 3.96. The first kappa shape index (κ1) is 4.58. The zero-order valence-electron chi connectivity index (χ0n) is 1.66. The van der Waals surface area contributed by atoms with E-state index in [1.165, 1.54) is 0 Å². The van der Waals surface area contributed by atoms with E-state index < -0.39 is 0 Å². The molecule has 0 heterocycles. The van der Waals surface area contributed by atoms with Crippen LogP contribution in [0.4, 0.5) is 0 Å². The summed E-state index contributed by atoms with van der Waals surface area (Å²) in [6.07, 6.45) is 0. The van der Waals surface area contributed by atoms with Gasteiger partial charge in [-0.25, -0.2) is 0 Å². The molecule has 0 rings (SSSR count). The number of hydrogen-bond donors (Lipinski definition) is 0. The van der Waals surface area contributed by atoms with Crippen molar-refractivity contribution in [1.29, 1.82) is 5.26 Å². The zero-order chi connectivity index (χ0) is 3.41. The summed E-state index contributed by atoms with van der Waals surface area (Å²) >= 11 is 2.82. The first-order chi connectivity index (χ1) is 1.91. The predicted molar refractivity (Wildman–Crippen MR) is 13.2 cm³/mol. The number of rotatable bonds is 0. The van der Waals surface area contributed by atoms with Crippen LogP contribution >= 0.6 is 9.23 Å². The van der Waals surface area contributed by atoms with Crippen molar-refractivity contribution in [2.75, 3.05) is 0 Å². The van der Waals surface area contributed by atoms with Crippen molar-refractivity contribution in [1.82, 2.24) is 0 Å². The van der Waals surface area contributed by atoms with Gasteiger partial charge in [-0.05, 0) is 0 Å². The Kier molecular flexibility index (Phi) is 4.10. The molecule has 0 saturated heterocycles. The Bertz CT molecular complexity index is 37.8. The summed E-state index contributed by atoms with van der Waals surface area (Å²) in [7, 11) is 0.972. The molecule has 26 valence electrons. The minimum absolute atomic E-state index is 0.972. The van der Waals surface area contributed by atoms with Gasteiger partial charge in [0.15, 0.2) is 0 Å². The molecule has 0 radical (unpaired) electrons. The Morgan fingerprint density at radius 3 is 2.25 bits per heavy atom. The van der Waals surface area contributed by atoms with E-state index in [4.69, 9.17) is 5.26 Å². The van der Waals surface area contributed by atoms with Crippen molar-refractivity contribution in [2.45, 2.75) is 0 Å². The molecule has 0 aliphatic rings. The molecule has 0 aliphatic carbocycles. The summed E-state index contributed by atoms with van der Waals surface area (Å²) in [5.74, 6) is 0. The van der Waals surface area contributed by atoms with Crippen LogP contribution in [0.2, 0.25) is 0 Å². The van der Waals surface area contributed by atoms with Crippen LogP contribution in [0.25, 0.3) is 0 Å². The summed E-state index contributed by atoms with van der Waals surface area (Å²) in [5, 5.41) is 9.30. The summed E-state index contributed by atoms with van der Waals surface area (Å²) in [4.78, 5) is 0. The van der Waals surface area contributed by atoms with Gasteiger partial charge in [0, 0.05) is 0 Å². The van der Waals surface area contributed by atoms with Gasteiger partial charge in [-0.1, -0.05) is 0 Å². The van der Waals surface area contributed by atoms with Gasteiger partial charge in [-0.15, -0.1) is 0 Å². The second kappa shape index (κ2) is 3.58. The number of nitriles is 1. The van der Waals surface area contributed by atoms with Crippen molar-refractivity contribution >= 4 is 9.23 Å². The molecule has 0 spiro atoms. The normalized spacial score (nSPS) is 5.25. The Balaban J connectivity index is 2.43. The number of nitrogens with zero attached hydrogens (tertiary/aromatic N) is 1. The van der Waals surface area contributed by atoms with E-state index in [1.807, 2.05) is 0 Å². The monoisotopic (exact) mass is 165 g/mol. The molecule has 0 bridgehead atoms. The van der Waals surface area contributed by atoms with E-state index in [1.54, 1.807) is 5.40 Å². The SMILES string of the molecule is N#C[S][Ag]. The first-order valence-electron chi connectivity index (χ1n) is 0.551. The van der Waals surface area contributed by atoms with Crippen LogP contribution in [-0.4, -0.2) is 0 Å². The van der Waals surface area contributed by atoms with Gasteiger partial charge in [0.2, 0.25) is 0 Å². The number of thiocyanates is 1. The third kappa shape index (κ3) is 2.58. The third-order valence-electron chi connectivity index (χ3n) is 0.0275. The van der Waals surface area contributed by atoms with Crippen LogP contribution in [0, 0.1) is 10.7 Å². The van der Waals surface area contributed by atoms with Crippen molar-refractivity contribution in [3.05, 3.63) is 0 Å². The second-order valence-electron chi connectivity index (χ2n) is 0.153. The Morgan fingerprint density at radius 2 is 2.25 bits per heavy atom. The van der Waals surface area contributed by atoms with Crippen LogP contribution in [0.5, 0.6) is 0 Å². The molecular weight excluding hydrogens is 166 g/mol. The summed E-state index contributed by atoms with van der Waals surface area (Å²) in [6.45, 7) is 0. The average molecular weight is 166 g/mol. The van der Waals surface area contributed by atoms with E-state index >= 15 is 0 Å². The summed E-state index contributed by atoms with van der Waals surface area (Å²) in [6, 6.07) is 0. The predicted octanol–water partition coefficient (Wildman–Crippen LogP) is 0.662. The Labute approximate surface area is 39.9 Å². The molecule has 0 fully saturated rings. The molecule has 0 N–H and O–H groups in total. The van der Waals surface area contributed by atoms with Gasteiger partial charge in [-0.2, -0.15) is 0 Å².